The molecule has 1 saturated heterocycles. The van der Waals surface area contributed by atoms with E-state index < -0.39 is 11.7 Å². The molecule has 1 aliphatic heterocycles. The van der Waals surface area contributed by atoms with Gasteiger partial charge in [-0.05, 0) is 38.5 Å². The van der Waals surface area contributed by atoms with E-state index in [-0.39, 0.29) is 22.7 Å². The van der Waals surface area contributed by atoms with Crippen LogP contribution in [0.4, 0.5) is 4.79 Å². The molecule has 0 N–H and O–H groups in total. The molecule has 2 heterocycles. The molecule has 2 amide bonds. The minimum Gasteiger partial charge on any atom is -0.443 e. The number of hydrogen-bond donors (Lipinski definition) is 0. The van der Waals surface area contributed by atoms with Gasteiger partial charge in [-0.2, -0.15) is 0 Å². The average molecular weight is 334 g/mol. The normalized spacial score (nSPS) is 29.0. The summed E-state index contributed by atoms with van der Waals surface area (Å²) in [4.78, 5) is 26.4. The van der Waals surface area contributed by atoms with Crippen LogP contribution in [0, 0.1) is 11.3 Å². The number of fused-ring (bicyclic) bond motifs is 2. The molecule has 0 radical (unpaired) electrons. The Morgan fingerprint density at radius 3 is 2.67 bits per heavy atom. The van der Waals surface area contributed by atoms with Gasteiger partial charge in [0.25, 0.3) is 0 Å². The largest absolute Gasteiger partial charge is 0.443 e. The molecule has 0 aromatic carbocycles. The highest BCUT2D eigenvalue weighted by Crippen LogP contribution is 2.54. The average Bonchev–Trinajstić information content (AvgIpc) is 2.87. The number of aromatic nitrogens is 1. The molecule has 6 nitrogen and oxygen atoms in total. The predicted octanol–water partition coefficient (Wildman–Crippen LogP) is 3.30. The molecule has 1 unspecified atom stereocenters. The molecule has 0 bridgehead atoms. The molecule has 2 aliphatic rings. The number of hydrogen-bond acceptors (Lipinski definition) is 5. The van der Waals surface area contributed by atoms with Crippen LogP contribution in [0.3, 0.4) is 0 Å². The third kappa shape index (κ3) is 2.62. The zero-order valence-electron chi connectivity index (χ0n) is 15.3. The fourth-order valence-electron chi connectivity index (χ4n) is 4.39. The zero-order valence-corrected chi connectivity index (χ0v) is 15.3. The molecule has 132 valence electrons. The van der Waals surface area contributed by atoms with Crippen molar-refractivity contribution in [2.24, 2.45) is 11.3 Å². The summed E-state index contributed by atoms with van der Waals surface area (Å²) in [6.45, 7) is 12.1. The molecule has 1 fully saturated rings. The Morgan fingerprint density at radius 1 is 1.38 bits per heavy atom. The molecular formula is C18H26N2O4. The van der Waals surface area contributed by atoms with Crippen LogP contribution in [-0.4, -0.2) is 34.2 Å². The van der Waals surface area contributed by atoms with Crippen LogP contribution in [0.5, 0.6) is 0 Å². The van der Waals surface area contributed by atoms with Crippen molar-refractivity contribution in [2.75, 3.05) is 6.54 Å². The topological polar surface area (TPSA) is 72.6 Å². The second-order valence-corrected chi connectivity index (χ2v) is 8.95. The van der Waals surface area contributed by atoms with Gasteiger partial charge in [-0.15, -0.1) is 0 Å². The van der Waals surface area contributed by atoms with Crippen molar-refractivity contribution in [1.29, 1.82) is 0 Å². The lowest BCUT2D eigenvalue weighted by atomic mass is 9.54. The second kappa shape index (κ2) is 5.07. The molecule has 1 aliphatic carbocycles. The number of nitrogens with zero attached hydrogens (tertiary/aromatic N) is 2. The number of carbonyl (C=O) groups excluding carboxylic acids is 2. The van der Waals surface area contributed by atoms with E-state index in [1.807, 2.05) is 0 Å². The van der Waals surface area contributed by atoms with Gasteiger partial charge in [0.2, 0.25) is 5.91 Å². The van der Waals surface area contributed by atoms with E-state index in [0.717, 1.165) is 17.7 Å². The van der Waals surface area contributed by atoms with E-state index in [1.54, 1.807) is 27.0 Å². The van der Waals surface area contributed by atoms with Crippen LogP contribution in [0.2, 0.25) is 0 Å². The standard InChI is InChI=1S/C18H26N2O4/c1-16(2,3)23-15(22)20-10-18(6)8-11-9-19-24-14(11)17(4,5)12(18)7-13(20)21/h9,12H,7-8,10H2,1-6H3/t12-,18?/m0/s1. The molecule has 6 heteroatoms. The van der Waals surface area contributed by atoms with E-state index in [1.165, 1.54) is 4.90 Å². The van der Waals surface area contributed by atoms with Crippen LogP contribution >= 0.6 is 0 Å². The fraction of sp³-hybridized carbons (Fsp3) is 0.722. The Labute approximate surface area is 142 Å². The zero-order chi connectivity index (χ0) is 17.9. The Balaban J connectivity index is 1.92. The number of likely N-dealkylation sites (tertiary alicyclic amines) is 1. The summed E-state index contributed by atoms with van der Waals surface area (Å²) >= 11 is 0. The fourth-order valence-corrected chi connectivity index (χ4v) is 4.39. The Hall–Kier alpha value is -1.85. The number of amides is 2. The second-order valence-electron chi connectivity index (χ2n) is 8.95. The molecule has 3 rings (SSSR count). The molecule has 0 saturated carbocycles. The van der Waals surface area contributed by atoms with E-state index in [9.17, 15) is 9.59 Å². The van der Waals surface area contributed by atoms with Gasteiger partial charge in [0.1, 0.15) is 11.4 Å². The molecule has 1 aromatic rings. The summed E-state index contributed by atoms with van der Waals surface area (Å²) in [6.07, 6.45) is 2.25. The minimum absolute atomic E-state index is 0.0941. The van der Waals surface area contributed by atoms with Gasteiger partial charge in [0.15, 0.2) is 0 Å². The number of piperidine rings is 1. The van der Waals surface area contributed by atoms with Gasteiger partial charge in [-0.1, -0.05) is 25.9 Å². The van der Waals surface area contributed by atoms with Gasteiger partial charge in [0.05, 0.1) is 6.20 Å². The highest BCUT2D eigenvalue weighted by molar-refractivity contribution is 5.93. The molecular weight excluding hydrogens is 308 g/mol. The summed E-state index contributed by atoms with van der Waals surface area (Å²) in [5.41, 5.74) is -0.0681. The predicted molar refractivity (Wildman–Crippen MR) is 87.4 cm³/mol. The summed E-state index contributed by atoms with van der Waals surface area (Å²) in [5, 5.41) is 3.94. The van der Waals surface area contributed by atoms with Crippen molar-refractivity contribution in [2.45, 2.75) is 65.4 Å². The van der Waals surface area contributed by atoms with Crippen LogP contribution in [0.15, 0.2) is 10.7 Å². The maximum Gasteiger partial charge on any atom is 0.417 e. The first-order valence-corrected chi connectivity index (χ1v) is 8.41. The van der Waals surface area contributed by atoms with Crippen LogP contribution in [0.25, 0.3) is 0 Å². The maximum absolute atomic E-state index is 12.6. The van der Waals surface area contributed by atoms with Crippen molar-refractivity contribution in [3.63, 3.8) is 0 Å². The quantitative estimate of drug-likeness (QED) is 0.728. The third-order valence-electron chi connectivity index (χ3n) is 5.35. The van der Waals surface area contributed by atoms with Gasteiger partial charge in [0, 0.05) is 23.9 Å². The van der Waals surface area contributed by atoms with Gasteiger partial charge >= 0.3 is 6.09 Å². The molecule has 0 spiro atoms. The van der Waals surface area contributed by atoms with Gasteiger partial charge in [-0.25, -0.2) is 9.69 Å². The van der Waals surface area contributed by atoms with Crippen molar-refractivity contribution in [3.8, 4) is 0 Å². The number of imide groups is 1. The summed E-state index contributed by atoms with van der Waals surface area (Å²) < 4.78 is 10.9. The first kappa shape index (κ1) is 17.0. The Kier molecular flexibility index (Phi) is 3.59. The third-order valence-corrected chi connectivity index (χ3v) is 5.35. The first-order chi connectivity index (χ1) is 10.9. The van der Waals surface area contributed by atoms with Crippen molar-refractivity contribution >= 4 is 12.0 Å². The van der Waals surface area contributed by atoms with Crippen molar-refractivity contribution in [1.82, 2.24) is 10.1 Å². The SMILES string of the molecule is CC(C)(C)OC(=O)N1CC2(C)Cc3cnoc3C(C)(C)[C@@H]2CC1=O. The molecule has 2 atom stereocenters. The van der Waals surface area contributed by atoms with Gasteiger partial charge in [-0.3, -0.25) is 4.79 Å². The summed E-state index contributed by atoms with van der Waals surface area (Å²) in [7, 11) is 0. The Morgan fingerprint density at radius 2 is 2.04 bits per heavy atom. The highest BCUT2D eigenvalue weighted by Gasteiger charge is 2.56. The van der Waals surface area contributed by atoms with Crippen molar-refractivity contribution < 1.29 is 18.8 Å². The lowest BCUT2D eigenvalue weighted by Crippen LogP contribution is -2.59. The summed E-state index contributed by atoms with van der Waals surface area (Å²) in [5.74, 6) is 0.780. The summed E-state index contributed by atoms with van der Waals surface area (Å²) in [6, 6.07) is 0. The van der Waals surface area contributed by atoms with Crippen LogP contribution < -0.4 is 0 Å². The molecule has 24 heavy (non-hydrogen) atoms. The van der Waals surface area contributed by atoms with Crippen molar-refractivity contribution in [3.05, 3.63) is 17.5 Å². The van der Waals surface area contributed by atoms with Crippen LogP contribution in [-0.2, 0) is 21.4 Å². The lowest BCUT2D eigenvalue weighted by Gasteiger charge is -2.53. The minimum atomic E-state index is -0.622. The molecule has 1 aromatic heterocycles. The monoisotopic (exact) mass is 334 g/mol. The number of ether oxygens (including phenoxy) is 1. The first-order valence-electron chi connectivity index (χ1n) is 8.41. The van der Waals surface area contributed by atoms with E-state index in [0.29, 0.717) is 13.0 Å². The van der Waals surface area contributed by atoms with E-state index >= 15 is 0 Å². The van der Waals surface area contributed by atoms with E-state index in [4.69, 9.17) is 9.26 Å². The Bertz CT molecular complexity index is 685. The van der Waals surface area contributed by atoms with E-state index in [2.05, 4.69) is 25.9 Å². The maximum atomic E-state index is 12.6. The number of carbonyl (C=O) groups is 2. The highest BCUT2D eigenvalue weighted by atomic mass is 16.6. The lowest BCUT2D eigenvalue weighted by molar-refractivity contribution is -0.143. The van der Waals surface area contributed by atoms with Crippen LogP contribution in [0.1, 0.15) is 59.3 Å². The number of rotatable bonds is 0. The van der Waals surface area contributed by atoms with Gasteiger partial charge < -0.3 is 9.26 Å². The smallest absolute Gasteiger partial charge is 0.417 e.